The molecule has 0 aliphatic rings. The molecule has 3 rings (SSSR count). The van der Waals surface area contributed by atoms with Crippen LogP contribution in [-0.4, -0.2) is 25.6 Å². The number of aryl methyl sites for hydroxylation is 2. The first kappa shape index (κ1) is 16.6. The molecule has 0 saturated heterocycles. The third-order valence-electron chi connectivity index (χ3n) is 4.70. The van der Waals surface area contributed by atoms with Crippen LogP contribution in [0, 0.1) is 6.92 Å². The van der Waals surface area contributed by atoms with Crippen molar-refractivity contribution in [3.05, 3.63) is 53.6 Å². The van der Waals surface area contributed by atoms with Crippen LogP contribution in [0.2, 0.25) is 0 Å². The molecular formula is C21H27N3. The third-order valence-corrected chi connectivity index (χ3v) is 4.70. The number of nitrogens with one attached hydrogen (secondary N) is 1. The normalized spacial score (nSPS) is 11.2. The van der Waals surface area contributed by atoms with Gasteiger partial charge in [0.25, 0.3) is 0 Å². The summed E-state index contributed by atoms with van der Waals surface area (Å²) in [5, 5.41) is 1.35. The Balaban J connectivity index is 2.08. The van der Waals surface area contributed by atoms with E-state index >= 15 is 0 Å². The smallest absolute Gasteiger partial charge is 0.0497 e. The second-order valence-electron chi connectivity index (χ2n) is 6.66. The second kappa shape index (κ2) is 7.10. The number of anilines is 1. The zero-order valence-corrected chi connectivity index (χ0v) is 14.9. The van der Waals surface area contributed by atoms with Crippen molar-refractivity contribution in [1.29, 1.82) is 0 Å². The molecule has 0 aliphatic heterocycles. The van der Waals surface area contributed by atoms with Gasteiger partial charge in [0.05, 0.1) is 0 Å². The first-order valence-corrected chi connectivity index (χ1v) is 8.70. The molecule has 2 aromatic carbocycles. The second-order valence-corrected chi connectivity index (χ2v) is 6.66. The number of aromatic nitrogens is 1. The lowest BCUT2D eigenvalue weighted by Gasteiger charge is -2.13. The average Bonchev–Trinajstić information content (AvgIpc) is 2.95. The van der Waals surface area contributed by atoms with Gasteiger partial charge in [0.15, 0.2) is 0 Å². The molecule has 3 N–H and O–H groups in total. The van der Waals surface area contributed by atoms with Crippen LogP contribution in [0.15, 0.2) is 42.5 Å². The summed E-state index contributed by atoms with van der Waals surface area (Å²) < 4.78 is 0. The van der Waals surface area contributed by atoms with E-state index in [9.17, 15) is 0 Å². The van der Waals surface area contributed by atoms with Crippen molar-refractivity contribution < 1.29 is 0 Å². The van der Waals surface area contributed by atoms with Crippen LogP contribution < -0.4 is 10.6 Å². The summed E-state index contributed by atoms with van der Waals surface area (Å²) in [6.45, 7) is 2.93. The molecule has 0 fully saturated rings. The molecule has 0 unspecified atom stereocenters. The summed E-state index contributed by atoms with van der Waals surface area (Å²) in [5.41, 5.74) is 13.4. The maximum atomic E-state index is 5.69. The van der Waals surface area contributed by atoms with Crippen molar-refractivity contribution in [3.8, 4) is 11.3 Å². The van der Waals surface area contributed by atoms with Crippen LogP contribution in [0.5, 0.6) is 0 Å². The fourth-order valence-electron chi connectivity index (χ4n) is 3.30. The highest BCUT2D eigenvalue weighted by atomic mass is 15.1. The lowest BCUT2D eigenvalue weighted by atomic mass is 9.99. The lowest BCUT2D eigenvalue weighted by molar-refractivity contribution is 0.748. The van der Waals surface area contributed by atoms with E-state index in [0.29, 0.717) is 0 Å². The summed E-state index contributed by atoms with van der Waals surface area (Å²) in [7, 11) is 4.14. The summed E-state index contributed by atoms with van der Waals surface area (Å²) in [6, 6.07) is 15.3. The highest BCUT2D eigenvalue weighted by molar-refractivity contribution is 5.92. The number of hydrogen-bond acceptors (Lipinski definition) is 2. The van der Waals surface area contributed by atoms with E-state index in [1.165, 1.54) is 39.0 Å². The van der Waals surface area contributed by atoms with Gasteiger partial charge < -0.3 is 15.6 Å². The van der Waals surface area contributed by atoms with E-state index in [2.05, 4.69) is 73.4 Å². The number of fused-ring (bicyclic) bond motifs is 1. The topological polar surface area (TPSA) is 45.0 Å². The molecule has 0 atom stereocenters. The predicted molar refractivity (Wildman–Crippen MR) is 105 cm³/mol. The van der Waals surface area contributed by atoms with Crippen LogP contribution in [-0.2, 0) is 6.42 Å². The van der Waals surface area contributed by atoms with Crippen molar-refractivity contribution in [3.63, 3.8) is 0 Å². The molecule has 0 saturated carbocycles. The fourth-order valence-corrected chi connectivity index (χ4v) is 3.30. The number of H-pyrrole nitrogens is 1. The fraction of sp³-hybridized carbons (Fsp3) is 0.333. The van der Waals surface area contributed by atoms with Crippen LogP contribution >= 0.6 is 0 Å². The summed E-state index contributed by atoms with van der Waals surface area (Å²) in [6.07, 6.45) is 3.25. The van der Waals surface area contributed by atoms with Crippen LogP contribution in [0.3, 0.4) is 0 Å². The highest BCUT2D eigenvalue weighted by Crippen LogP contribution is 2.33. The molecule has 0 aliphatic carbocycles. The van der Waals surface area contributed by atoms with Gasteiger partial charge in [0.2, 0.25) is 0 Å². The molecule has 0 bridgehead atoms. The van der Waals surface area contributed by atoms with E-state index < -0.39 is 0 Å². The van der Waals surface area contributed by atoms with Gasteiger partial charge in [-0.1, -0.05) is 30.3 Å². The van der Waals surface area contributed by atoms with E-state index in [4.69, 9.17) is 5.73 Å². The lowest BCUT2D eigenvalue weighted by Crippen LogP contribution is -2.07. The molecule has 126 valence electrons. The van der Waals surface area contributed by atoms with E-state index in [-0.39, 0.29) is 0 Å². The maximum absolute atomic E-state index is 5.69. The largest absolute Gasteiger partial charge is 0.378 e. The van der Waals surface area contributed by atoms with E-state index in [0.717, 1.165) is 25.8 Å². The molecule has 3 heteroatoms. The molecule has 3 aromatic rings. The third kappa shape index (κ3) is 3.17. The van der Waals surface area contributed by atoms with Gasteiger partial charge in [-0.25, -0.2) is 0 Å². The number of nitrogens with zero attached hydrogens (tertiary/aromatic N) is 1. The predicted octanol–water partition coefficient (Wildman–Crippen LogP) is 4.49. The number of nitrogens with two attached hydrogens (primary N) is 1. The minimum absolute atomic E-state index is 0.758. The van der Waals surface area contributed by atoms with Gasteiger partial charge in [-0.3, -0.25) is 0 Å². The van der Waals surface area contributed by atoms with Crippen molar-refractivity contribution in [2.45, 2.75) is 26.2 Å². The molecule has 24 heavy (non-hydrogen) atoms. The van der Waals surface area contributed by atoms with Gasteiger partial charge in [-0.15, -0.1) is 0 Å². The monoisotopic (exact) mass is 321 g/mol. The van der Waals surface area contributed by atoms with Crippen molar-refractivity contribution in [2.75, 3.05) is 25.5 Å². The SMILES string of the molecule is Cc1cccc2c(CCCCN)c(-c3ccc(N(C)C)cc3)[nH]c12. The number of aromatic amines is 1. The highest BCUT2D eigenvalue weighted by Gasteiger charge is 2.14. The van der Waals surface area contributed by atoms with Crippen LogP contribution in [0.25, 0.3) is 22.2 Å². The average molecular weight is 321 g/mol. The summed E-state index contributed by atoms with van der Waals surface area (Å²) >= 11 is 0. The van der Waals surface area contributed by atoms with Crippen LogP contribution in [0.4, 0.5) is 5.69 Å². The van der Waals surface area contributed by atoms with Gasteiger partial charge >= 0.3 is 0 Å². The van der Waals surface area contributed by atoms with Gasteiger partial charge in [-0.2, -0.15) is 0 Å². The first-order valence-electron chi connectivity index (χ1n) is 8.70. The number of unbranched alkanes of at least 4 members (excludes halogenated alkanes) is 1. The Labute approximate surface area is 144 Å². The van der Waals surface area contributed by atoms with Gasteiger partial charge in [0, 0.05) is 36.4 Å². The Morgan fingerprint density at radius 2 is 1.75 bits per heavy atom. The molecule has 3 nitrogen and oxygen atoms in total. The number of rotatable bonds is 6. The number of hydrogen-bond donors (Lipinski definition) is 2. The van der Waals surface area contributed by atoms with Crippen molar-refractivity contribution in [2.24, 2.45) is 5.73 Å². The molecular weight excluding hydrogens is 294 g/mol. The summed E-state index contributed by atoms with van der Waals surface area (Å²) in [5.74, 6) is 0. The standard InChI is InChI=1S/C21H27N3/c1-15-7-6-9-18-19(8-4-5-14-22)21(23-20(15)18)16-10-12-17(13-11-16)24(2)3/h6-7,9-13,23H,4-5,8,14,22H2,1-3H3. The molecule has 1 heterocycles. The maximum Gasteiger partial charge on any atom is 0.0497 e. The minimum Gasteiger partial charge on any atom is -0.378 e. The molecule has 0 radical (unpaired) electrons. The van der Waals surface area contributed by atoms with E-state index in [1.807, 2.05) is 0 Å². The Bertz CT molecular complexity index is 813. The Hall–Kier alpha value is -2.26. The van der Waals surface area contributed by atoms with Gasteiger partial charge in [-0.05, 0) is 61.6 Å². The summed E-state index contributed by atoms with van der Waals surface area (Å²) in [4.78, 5) is 5.81. The van der Waals surface area contributed by atoms with Gasteiger partial charge in [0.1, 0.15) is 0 Å². The zero-order chi connectivity index (χ0) is 17.1. The Morgan fingerprint density at radius 1 is 1.00 bits per heavy atom. The van der Waals surface area contributed by atoms with E-state index in [1.54, 1.807) is 0 Å². The molecule has 0 amide bonds. The molecule has 0 spiro atoms. The Kier molecular flexibility index (Phi) is 4.91. The van der Waals surface area contributed by atoms with Crippen molar-refractivity contribution >= 4 is 16.6 Å². The Morgan fingerprint density at radius 3 is 2.42 bits per heavy atom. The van der Waals surface area contributed by atoms with Crippen molar-refractivity contribution in [1.82, 2.24) is 4.98 Å². The minimum atomic E-state index is 0.758. The van der Waals surface area contributed by atoms with Crippen LogP contribution in [0.1, 0.15) is 24.0 Å². The quantitative estimate of drug-likeness (QED) is 0.657. The number of benzene rings is 2. The zero-order valence-electron chi connectivity index (χ0n) is 14.9. The first-order chi connectivity index (χ1) is 11.6. The number of para-hydroxylation sites is 1. The molecule has 1 aromatic heterocycles.